The topological polar surface area (TPSA) is 82.9 Å². The van der Waals surface area contributed by atoms with Gasteiger partial charge < -0.3 is 20.4 Å². The van der Waals surface area contributed by atoms with Gasteiger partial charge in [-0.05, 0) is 19.1 Å². The molecule has 0 aliphatic carbocycles. The molecule has 1 saturated heterocycles. The van der Waals surface area contributed by atoms with Crippen molar-refractivity contribution in [2.45, 2.75) is 24.9 Å². The predicted octanol–water partition coefficient (Wildman–Crippen LogP) is -0.332. The minimum absolute atomic E-state index is 0.0128. The molecule has 2 atom stereocenters. The lowest BCUT2D eigenvalue weighted by atomic mass is 10.0. The van der Waals surface area contributed by atoms with Gasteiger partial charge in [0.05, 0.1) is 19.3 Å². The number of aliphatic hydroxyl groups excluding tert-OH is 2. The summed E-state index contributed by atoms with van der Waals surface area (Å²) in [6, 6.07) is 3.65. The van der Waals surface area contributed by atoms with Crippen molar-refractivity contribution in [3.05, 3.63) is 23.7 Å². The van der Waals surface area contributed by atoms with Crippen LogP contribution in [0.3, 0.4) is 0 Å². The third kappa shape index (κ3) is 2.52. The molecule has 0 aromatic carbocycles. The number of hydrogen-bond donors (Lipinski definition) is 3. The van der Waals surface area contributed by atoms with Crippen LogP contribution >= 0.6 is 0 Å². The molecular formula is C12H20N2O3. The largest absolute Gasteiger partial charge is 0.466 e. The van der Waals surface area contributed by atoms with E-state index in [4.69, 9.17) is 20.4 Å². The summed E-state index contributed by atoms with van der Waals surface area (Å²) in [7, 11) is 0. The molecule has 2 heterocycles. The van der Waals surface area contributed by atoms with E-state index in [0.717, 1.165) is 18.1 Å². The van der Waals surface area contributed by atoms with Crippen LogP contribution in [-0.4, -0.2) is 53.5 Å². The van der Waals surface area contributed by atoms with E-state index in [-0.39, 0.29) is 31.2 Å². The Morgan fingerprint density at radius 3 is 2.65 bits per heavy atom. The van der Waals surface area contributed by atoms with Gasteiger partial charge in [0.1, 0.15) is 11.5 Å². The van der Waals surface area contributed by atoms with E-state index in [0.29, 0.717) is 6.54 Å². The average Bonchev–Trinajstić information content (AvgIpc) is 2.87. The molecule has 1 fully saturated rings. The van der Waals surface area contributed by atoms with Crippen LogP contribution in [0.1, 0.15) is 17.4 Å². The van der Waals surface area contributed by atoms with Crippen molar-refractivity contribution in [2.75, 3.05) is 26.3 Å². The Morgan fingerprint density at radius 2 is 2.12 bits per heavy atom. The van der Waals surface area contributed by atoms with Gasteiger partial charge in [0.2, 0.25) is 0 Å². The van der Waals surface area contributed by atoms with E-state index in [1.807, 2.05) is 24.0 Å². The van der Waals surface area contributed by atoms with Gasteiger partial charge in [-0.1, -0.05) is 0 Å². The summed E-state index contributed by atoms with van der Waals surface area (Å²) >= 11 is 0. The average molecular weight is 240 g/mol. The van der Waals surface area contributed by atoms with Crippen molar-refractivity contribution in [3.8, 4) is 0 Å². The lowest BCUT2D eigenvalue weighted by Gasteiger charge is -2.23. The zero-order chi connectivity index (χ0) is 12.4. The third-order valence-electron chi connectivity index (χ3n) is 3.46. The SMILES string of the molecule is Cc1ccc([C@@H]2CN(C(CO)CO)C[C@H]2N)o1. The van der Waals surface area contributed by atoms with Gasteiger partial charge in [-0.3, -0.25) is 4.90 Å². The Kier molecular flexibility index (Phi) is 3.83. The zero-order valence-corrected chi connectivity index (χ0v) is 10.0. The molecule has 0 bridgehead atoms. The second-order valence-corrected chi connectivity index (χ2v) is 4.69. The van der Waals surface area contributed by atoms with Gasteiger partial charge in [-0.25, -0.2) is 0 Å². The molecule has 0 unspecified atom stereocenters. The standard InChI is InChI=1S/C12H20N2O3/c1-8-2-3-12(17-8)10-4-14(5-11(10)13)9(6-15)7-16/h2-3,9-11,15-16H,4-7,13H2,1H3/t10-,11-/m1/s1. The third-order valence-corrected chi connectivity index (χ3v) is 3.46. The first kappa shape index (κ1) is 12.6. The molecule has 2 rings (SSSR count). The highest BCUT2D eigenvalue weighted by Crippen LogP contribution is 2.28. The number of aliphatic hydroxyl groups is 2. The number of nitrogens with two attached hydrogens (primary N) is 1. The van der Waals surface area contributed by atoms with E-state index >= 15 is 0 Å². The molecular weight excluding hydrogens is 220 g/mol. The first-order chi connectivity index (χ1) is 8.15. The van der Waals surface area contributed by atoms with Gasteiger partial charge in [0.25, 0.3) is 0 Å². The Hall–Kier alpha value is -0.880. The summed E-state index contributed by atoms with van der Waals surface area (Å²) in [6.45, 7) is 3.21. The summed E-state index contributed by atoms with van der Waals surface area (Å²) < 4.78 is 5.60. The van der Waals surface area contributed by atoms with E-state index < -0.39 is 0 Å². The first-order valence-corrected chi connectivity index (χ1v) is 5.93. The molecule has 1 aliphatic rings. The first-order valence-electron chi connectivity index (χ1n) is 5.93. The van der Waals surface area contributed by atoms with Crippen LogP contribution in [0.2, 0.25) is 0 Å². The summed E-state index contributed by atoms with van der Waals surface area (Å²) in [5, 5.41) is 18.3. The van der Waals surface area contributed by atoms with E-state index in [1.165, 1.54) is 0 Å². The van der Waals surface area contributed by atoms with Gasteiger partial charge >= 0.3 is 0 Å². The molecule has 17 heavy (non-hydrogen) atoms. The second kappa shape index (κ2) is 5.18. The molecule has 0 radical (unpaired) electrons. The van der Waals surface area contributed by atoms with Crippen molar-refractivity contribution in [2.24, 2.45) is 5.73 Å². The number of likely N-dealkylation sites (tertiary alicyclic amines) is 1. The predicted molar refractivity (Wildman–Crippen MR) is 63.7 cm³/mol. The van der Waals surface area contributed by atoms with Crippen LogP contribution in [0.25, 0.3) is 0 Å². The van der Waals surface area contributed by atoms with E-state index in [2.05, 4.69) is 0 Å². The number of aryl methyl sites for hydroxylation is 1. The van der Waals surface area contributed by atoms with Crippen LogP contribution in [0, 0.1) is 6.92 Å². The molecule has 1 aliphatic heterocycles. The number of hydrogen-bond acceptors (Lipinski definition) is 5. The fourth-order valence-corrected chi connectivity index (χ4v) is 2.40. The quantitative estimate of drug-likeness (QED) is 0.671. The Balaban J connectivity index is 2.07. The summed E-state index contributed by atoms with van der Waals surface area (Å²) in [4.78, 5) is 2.02. The van der Waals surface area contributed by atoms with Gasteiger partial charge in [-0.15, -0.1) is 0 Å². The number of rotatable bonds is 4. The maximum Gasteiger partial charge on any atom is 0.110 e. The highest BCUT2D eigenvalue weighted by atomic mass is 16.3. The van der Waals surface area contributed by atoms with Gasteiger partial charge in [0.15, 0.2) is 0 Å². The molecule has 5 heteroatoms. The van der Waals surface area contributed by atoms with Gasteiger partial charge in [-0.2, -0.15) is 0 Å². The second-order valence-electron chi connectivity index (χ2n) is 4.69. The lowest BCUT2D eigenvalue weighted by Crippen LogP contribution is -2.40. The highest BCUT2D eigenvalue weighted by Gasteiger charge is 2.36. The molecule has 0 saturated carbocycles. The van der Waals surface area contributed by atoms with Crippen molar-refractivity contribution < 1.29 is 14.6 Å². The highest BCUT2D eigenvalue weighted by molar-refractivity contribution is 5.16. The van der Waals surface area contributed by atoms with Crippen LogP contribution in [0.15, 0.2) is 16.5 Å². The summed E-state index contributed by atoms with van der Waals surface area (Å²) in [5.74, 6) is 1.92. The van der Waals surface area contributed by atoms with Crippen LogP contribution in [0.5, 0.6) is 0 Å². The number of nitrogens with zero attached hydrogens (tertiary/aromatic N) is 1. The zero-order valence-electron chi connectivity index (χ0n) is 10.0. The van der Waals surface area contributed by atoms with Crippen molar-refractivity contribution in [1.82, 2.24) is 4.90 Å². The lowest BCUT2D eigenvalue weighted by molar-refractivity contribution is 0.0887. The summed E-state index contributed by atoms with van der Waals surface area (Å²) in [5.41, 5.74) is 6.09. The normalized spacial score (nSPS) is 25.9. The number of furan rings is 1. The Morgan fingerprint density at radius 1 is 1.41 bits per heavy atom. The molecule has 0 spiro atoms. The monoisotopic (exact) mass is 240 g/mol. The molecule has 4 N–H and O–H groups in total. The maximum atomic E-state index is 9.17. The Labute approximate surface area is 101 Å². The van der Waals surface area contributed by atoms with Crippen LogP contribution in [-0.2, 0) is 0 Å². The van der Waals surface area contributed by atoms with Crippen LogP contribution in [0.4, 0.5) is 0 Å². The maximum absolute atomic E-state index is 9.17. The molecule has 96 valence electrons. The summed E-state index contributed by atoms with van der Waals surface area (Å²) in [6.07, 6.45) is 0. The Bertz CT molecular complexity index is 362. The molecule has 1 aromatic heterocycles. The molecule has 0 amide bonds. The van der Waals surface area contributed by atoms with E-state index in [1.54, 1.807) is 0 Å². The fraction of sp³-hybridized carbons (Fsp3) is 0.667. The van der Waals surface area contributed by atoms with Crippen molar-refractivity contribution in [3.63, 3.8) is 0 Å². The minimum Gasteiger partial charge on any atom is -0.466 e. The van der Waals surface area contributed by atoms with Crippen molar-refractivity contribution in [1.29, 1.82) is 0 Å². The smallest absolute Gasteiger partial charge is 0.110 e. The molecule has 5 nitrogen and oxygen atoms in total. The van der Waals surface area contributed by atoms with E-state index in [9.17, 15) is 0 Å². The van der Waals surface area contributed by atoms with Crippen molar-refractivity contribution >= 4 is 0 Å². The fourth-order valence-electron chi connectivity index (χ4n) is 2.40. The molecule has 1 aromatic rings. The van der Waals surface area contributed by atoms with Crippen LogP contribution < -0.4 is 5.73 Å². The van der Waals surface area contributed by atoms with Gasteiger partial charge in [0, 0.05) is 25.0 Å². The minimum atomic E-state index is -0.220.